The summed E-state index contributed by atoms with van der Waals surface area (Å²) < 4.78 is 16.0. The number of carbonyl (C=O) groups is 1. The van der Waals surface area contributed by atoms with Gasteiger partial charge < -0.3 is 24.4 Å². The molecule has 0 saturated carbocycles. The second kappa shape index (κ2) is 13.5. The van der Waals surface area contributed by atoms with Gasteiger partial charge in [-0.05, 0) is 38.0 Å². The van der Waals surface area contributed by atoms with E-state index in [4.69, 9.17) is 14.2 Å². The molecular formula is C18H34IN3O4. The number of guanidine groups is 1. The van der Waals surface area contributed by atoms with E-state index in [0.29, 0.717) is 5.92 Å². The Hall–Kier alpha value is -0.610. The second-order valence-corrected chi connectivity index (χ2v) is 6.74. The average molecular weight is 483 g/mol. The Morgan fingerprint density at radius 2 is 1.92 bits per heavy atom. The van der Waals surface area contributed by atoms with Crippen LogP contribution in [0.5, 0.6) is 0 Å². The van der Waals surface area contributed by atoms with Crippen LogP contribution in [-0.4, -0.2) is 77.0 Å². The van der Waals surface area contributed by atoms with Gasteiger partial charge in [0.25, 0.3) is 0 Å². The molecule has 7 nitrogen and oxygen atoms in total. The van der Waals surface area contributed by atoms with Gasteiger partial charge in [0.2, 0.25) is 0 Å². The lowest BCUT2D eigenvalue weighted by molar-refractivity contribution is -0.146. The number of hydrogen-bond acceptors (Lipinski definition) is 5. The molecule has 2 aliphatic rings. The van der Waals surface area contributed by atoms with Crippen LogP contribution in [0.2, 0.25) is 0 Å². The van der Waals surface area contributed by atoms with E-state index in [9.17, 15) is 4.79 Å². The Morgan fingerprint density at radius 1 is 1.23 bits per heavy atom. The molecule has 0 bridgehead atoms. The van der Waals surface area contributed by atoms with Gasteiger partial charge in [0.15, 0.2) is 5.96 Å². The van der Waals surface area contributed by atoms with Gasteiger partial charge in [0, 0.05) is 53.1 Å². The molecule has 2 heterocycles. The summed E-state index contributed by atoms with van der Waals surface area (Å²) in [6.07, 6.45) is 4.84. The highest BCUT2D eigenvalue weighted by atomic mass is 127. The van der Waals surface area contributed by atoms with Crippen LogP contribution in [0.1, 0.15) is 32.1 Å². The summed E-state index contributed by atoms with van der Waals surface area (Å²) in [6, 6.07) is 0. The minimum Gasteiger partial charge on any atom is -0.469 e. The van der Waals surface area contributed by atoms with E-state index in [1.165, 1.54) is 7.11 Å². The van der Waals surface area contributed by atoms with Crippen molar-refractivity contribution in [3.05, 3.63) is 0 Å². The third-order valence-electron chi connectivity index (χ3n) is 4.98. The van der Waals surface area contributed by atoms with Gasteiger partial charge in [-0.3, -0.25) is 9.79 Å². The number of ether oxygens (including phenoxy) is 3. The van der Waals surface area contributed by atoms with Crippen LogP contribution in [0.15, 0.2) is 4.99 Å². The molecule has 0 aromatic heterocycles. The number of methoxy groups -OCH3 is 1. The zero-order valence-corrected chi connectivity index (χ0v) is 18.4. The number of piperidine rings is 1. The van der Waals surface area contributed by atoms with Crippen LogP contribution < -0.4 is 5.32 Å². The fourth-order valence-electron chi connectivity index (χ4n) is 3.36. The van der Waals surface area contributed by atoms with Gasteiger partial charge in [-0.15, -0.1) is 24.0 Å². The summed E-state index contributed by atoms with van der Waals surface area (Å²) in [5.41, 5.74) is 0. The number of aliphatic imine (C=N–C) groups is 1. The maximum atomic E-state index is 11.6. The number of esters is 1. The Kier molecular flexibility index (Phi) is 12.2. The predicted octanol–water partition coefficient (Wildman–Crippen LogP) is 1.90. The fraction of sp³-hybridized carbons (Fsp3) is 0.889. The summed E-state index contributed by atoms with van der Waals surface area (Å²) in [5.74, 6) is 1.50. The van der Waals surface area contributed by atoms with E-state index in [2.05, 4.69) is 15.2 Å². The zero-order chi connectivity index (χ0) is 17.9. The predicted molar refractivity (Wildman–Crippen MR) is 112 cm³/mol. The lowest BCUT2D eigenvalue weighted by Crippen LogP contribution is -2.47. The molecule has 2 saturated heterocycles. The van der Waals surface area contributed by atoms with Gasteiger partial charge in [0.05, 0.1) is 13.0 Å². The fourth-order valence-corrected chi connectivity index (χ4v) is 3.36. The number of carbonyl (C=O) groups excluding carboxylic acids is 1. The molecule has 1 N–H and O–H groups in total. The van der Waals surface area contributed by atoms with Crippen LogP contribution in [0.4, 0.5) is 0 Å². The molecule has 0 aromatic rings. The van der Waals surface area contributed by atoms with Gasteiger partial charge >= 0.3 is 5.97 Å². The van der Waals surface area contributed by atoms with Crippen molar-refractivity contribution >= 4 is 35.9 Å². The minimum atomic E-state index is -0.0933. The van der Waals surface area contributed by atoms with Gasteiger partial charge in [0.1, 0.15) is 0 Å². The molecular weight excluding hydrogens is 449 g/mol. The van der Waals surface area contributed by atoms with Crippen molar-refractivity contribution in [1.29, 1.82) is 0 Å². The third kappa shape index (κ3) is 7.96. The standard InChI is InChI=1S/C18H33N3O4.HI/c1-19-18(21-9-4-16(5-10-21)17(22)23-2)20-8-3-11-25-14-15-6-12-24-13-7-15;/h15-16H,3-14H2,1-2H3,(H,19,20);1H. The lowest BCUT2D eigenvalue weighted by Gasteiger charge is -2.33. The third-order valence-corrected chi connectivity index (χ3v) is 4.98. The first kappa shape index (κ1) is 23.4. The van der Waals surface area contributed by atoms with Crippen molar-refractivity contribution in [2.24, 2.45) is 16.8 Å². The smallest absolute Gasteiger partial charge is 0.308 e. The highest BCUT2D eigenvalue weighted by molar-refractivity contribution is 14.0. The lowest BCUT2D eigenvalue weighted by atomic mass is 9.97. The SMILES string of the molecule is CN=C(NCCCOCC1CCOCC1)N1CCC(C(=O)OC)CC1.I. The van der Waals surface area contributed by atoms with Crippen molar-refractivity contribution in [3.8, 4) is 0 Å². The molecule has 0 radical (unpaired) electrons. The molecule has 8 heteroatoms. The van der Waals surface area contributed by atoms with Crippen molar-refractivity contribution in [2.75, 3.05) is 60.2 Å². The van der Waals surface area contributed by atoms with E-state index in [-0.39, 0.29) is 35.9 Å². The maximum Gasteiger partial charge on any atom is 0.308 e. The largest absolute Gasteiger partial charge is 0.469 e. The number of nitrogens with one attached hydrogen (secondary N) is 1. The van der Waals surface area contributed by atoms with Crippen LogP contribution >= 0.6 is 24.0 Å². The van der Waals surface area contributed by atoms with Crippen LogP contribution in [0.3, 0.4) is 0 Å². The molecule has 0 amide bonds. The van der Waals surface area contributed by atoms with Crippen molar-refractivity contribution in [1.82, 2.24) is 10.2 Å². The van der Waals surface area contributed by atoms with E-state index in [0.717, 1.165) is 84.1 Å². The molecule has 26 heavy (non-hydrogen) atoms. The topological polar surface area (TPSA) is 72.4 Å². The summed E-state index contributed by atoms with van der Waals surface area (Å²) in [6.45, 7) is 5.87. The van der Waals surface area contributed by atoms with Gasteiger partial charge in [-0.2, -0.15) is 0 Å². The first-order chi connectivity index (χ1) is 12.2. The molecule has 2 aliphatic heterocycles. The maximum absolute atomic E-state index is 11.6. The van der Waals surface area contributed by atoms with E-state index in [1.54, 1.807) is 7.05 Å². The van der Waals surface area contributed by atoms with Crippen molar-refractivity contribution < 1.29 is 19.0 Å². The minimum absolute atomic E-state index is 0. The number of hydrogen-bond donors (Lipinski definition) is 1. The summed E-state index contributed by atoms with van der Waals surface area (Å²) >= 11 is 0. The molecule has 2 rings (SSSR count). The summed E-state index contributed by atoms with van der Waals surface area (Å²) in [4.78, 5) is 18.2. The van der Waals surface area contributed by atoms with Crippen LogP contribution in [0.25, 0.3) is 0 Å². The summed E-state index contributed by atoms with van der Waals surface area (Å²) in [7, 11) is 3.26. The molecule has 0 aromatic carbocycles. The number of rotatable bonds is 7. The van der Waals surface area contributed by atoms with E-state index in [1.807, 2.05) is 0 Å². The Bertz CT molecular complexity index is 423. The molecule has 0 spiro atoms. The molecule has 152 valence electrons. The first-order valence-corrected chi connectivity index (χ1v) is 9.43. The van der Waals surface area contributed by atoms with Crippen LogP contribution in [0, 0.1) is 11.8 Å². The van der Waals surface area contributed by atoms with E-state index < -0.39 is 0 Å². The Morgan fingerprint density at radius 3 is 2.54 bits per heavy atom. The summed E-state index contributed by atoms with van der Waals surface area (Å²) in [5, 5.41) is 3.40. The molecule has 0 aliphatic carbocycles. The quantitative estimate of drug-likeness (QED) is 0.196. The average Bonchev–Trinajstić information content (AvgIpc) is 2.68. The van der Waals surface area contributed by atoms with Gasteiger partial charge in [-0.1, -0.05) is 0 Å². The zero-order valence-electron chi connectivity index (χ0n) is 16.1. The molecule has 0 atom stereocenters. The van der Waals surface area contributed by atoms with Crippen LogP contribution in [-0.2, 0) is 19.0 Å². The first-order valence-electron chi connectivity index (χ1n) is 9.43. The number of likely N-dealkylation sites (tertiary alicyclic amines) is 1. The highest BCUT2D eigenvalue weighted by Gasteiger charge is 2.26. The van der Waals surface area contributed by atoms with Crippen molar-refractivity contribution in [3.63, 3.8) is 0 Å². The normalized spacial score (nSPS) is 19.8. The van der Waals surface area contributed by atoms with Crippen molar-refractivity contribution in [2.45, 2.75) is 32.1 Å². The monoisotopic (exact) mass is 483 g/mol. The molecule has 2 fully saturated rings. The Balaban J connectivity index is 0.00000338. The van der Waals surface area contributed by atoms with Gasteiger partial charge in [-0.25, -0.2) is 0 Å². The van der Waals surface area contributed by atoms with E-state index >= 15 is 0 Å². The Labute approximate surface area is 174 Å². The highest BCUT2D eigenvalue weighted by Crippen LogP contribution is 2.18. The second-order valence-electron chi connectivity index (χ2n) is 6.74. The number of nitrogens with zero attached hydrogens (tertiary/aromatic N) is 2. The molecule has 0 unspecified atom stereocenters. The number of halogens is 1.